The first-order valence-electron chi connectivity index (χ1n) is 9.16. The van der Waals surface area contributed by atoms with Crippen LogP contribution >= 0.6 is 22.6 Å². The van der Waals surface area contributed by atoms with Gasteiger partial charge in [-0.3, -0.25) is 14.3 Å². The van der Waals surface area contributed by atoms with E-state index in [9.17, 15) is 9.59 Å². The molecule has 0 unspecified atom stereocenters. The van der Waals surface area contributed by atoms with Gasteiger partial charge in [0.05, 0.1) is 9.77 Å². The van der Waals surface area contributed by atoms with Crippen LogP contribution < -0.4 is 15.4 Å². The van der Waals surface area contributed by atoms with Gasteiger partial charge in [-0.1, -0.05) is 11.2 Å². The fraction of sp³-hybridized carbons (Fsp3) is 0.316. The number of benzene rings is 1. The molecule has 0 fully saturated rings. The van der Waals surface area contributed by atoms with Gasteiger partial charge in [0, 0.05) is 19.3 Å². The van der Waals surface area contributed by atoms with Gasteiger partial charge in [0.15, 0.2) is 12.4 Å². The van der Waals surface area contributed by atoms with E-state index in [4.69, 9.17) is 9.26 Å². The van der Waals surface area contributed by atoms with Crippen molar-refractivity contribution in [3.63, 3.8) is 0 Å². The summed E-state index contributed by atoms with van der Waals surface area (Å²) < 4.78 is 13.1. The molecular formula is C19H21IN6O4. The van der Waals surface area contributed by atoms with Crippen molar-refractivity contribution in [3.05, 3.63) is 57.0 Å². The molecule has 30 heavy (non-hydrogen) atoms. The average Bonchev–Trinajstić information content (AvgIpc) is 3.35. The molecule has 0 bridgehead atoms. The lowest BCUT2D eigenvalue weighted by atomic mass is 10.1. The van der Waals surface area contributed by atoms with Gasteiger partial charge < -0.3 is 19.9 Å². The molecule has 2 N–H and O–H groups in total. The number of carbonyl (C=O) groups excluding carboxylic acids is 2. The van der Waals surface area contributed by atoms with E-state index in [1.165, 1.54) is 0 Å². The highest BCUT2D eigenvalue weighted by Crippen LogP contribution is 2.16. The highest BCUT2D eigenvalue weighted by atomic mass is 127. The molecule has 0 aliphatic heterocycles. The summed E-state index contributed by atoms with van der Waals surface area (Å²) in [6, 6.07) is 5.65. The molecule has 158 valence electrons. The fourth-order valence-corrected chi connectivity index (χ4v) is 2.88. The number of hydrogen-bond donors (Lipinski definition) is 2. The summed E-state index contributed by atoms with van der Waals surface area (Å²) in [5.41, 5.74) is 2.26. The molecule has 2 amide bonds. The topological polar surface area (TPSA) is 124 Å². The van der Waals surface area contributed by atoms with Crippen LogP contribution in [-0.4, -0.2) is 51.4 Å². The van der Waals surface area contributed by atoms with Gasteiger partial charge in [-0.15, -0.1) is 0 Å². The van der Waals surface area contributed by atoms with E-state index in [2.05, 4.69) is 48.5 Å². The van der Waals surface area contributed by atoms with Gasteiger partial charge >= 0.3 is 11.8 Å². The van der Waals surface area contributed by atoms with Gasteiger partial charge in [0.1, 0.15) is 12.3 Å². The number of ether oxygens (including phenoxy) is 1. The molecule has 3 rings (SSSR count). The normalized spacial score (nSPS) is 10.6. The van der Waals surface area contributed by atoms with Gasteiger partial charge in [-0.25, -0.2) is 0 Å². The van der Waals surface area contributed by atoms with Crippen LogP contribution in [0.5, 0.6) is 5.75 Å². The Hall–Kier alpha value is -2.96. The third-order valence-corrected chi connectivity index (χ3v) is 4.71. The highest BCUT2D eigenvalue weighted by molar-refractivity contribution is 14.1. The summed E-state index contributed by atoms with van der Waals surface area (Å²) in [5.74, 6) is 0.0482. The molecule has 0 aliphatic rings. The zero-order valence-electron chi connectivity index (χ0n) is 16.5. The lowest BCUT2D eigenvalue weighted by Gasteiger charge is -2.09. The molecule has 11 heteroatoms. The number of halogens is 1. The Morgan fingerprint density at radius 2 is 2.00 bits per heavy atom. The van der Waals surface area contributed by atoms with Gasteiger partial charge in [-0.05, 0) is 59.7 Å². The van der Waals surface area contributed by atoms with Crippen LogP contribution in [-0.2, 0) is 11.3 Å². The summed E-state index contributed by atoms with van der Waals surface area (Å²) in [5, 5.41) is 13.2. The van der Waals surface area contributed by atoms with E-state index in [0.717, 1.165) is 14.7 Å². The minimum Gasteiger partial charge on any atom is -0.484 e. The van der Waals surface area contributed by atoms with E-state index >= 15 is 0 Å². The van der Waals surface area contributed by atoms with Crippen molar-refractivity contribution in [2.45, 2.75) is 20.4 Å². The first-order chi connectivity index (χ1) is 14.4. The van der Waals surface area contributed by atoms with Crippen molar-refractivity contribution < 1.29 is 18.8 Å². The van der Waals surface area contributed by atoms with E-state index in [-0.39, 0.29) is 31.5 Å². The van der Waals surface area contributed by atoms with Crippen LogP contribution in [0.4, 0.5) is 0 Å². The number of aryl methyl sites for hydroxylation is 2. The quantitative estimate of drug-likeness (QED) is 0.321. The maximum atomic E-state index is 12.1. The SMILES string of the molecule is Cc1ccc(OCC(=O)NCCNC(=O)c2nc(Cn3cc(I)cn3)no2)cc1C. The number of rotatable bonds is 9. The molecule has 0 saturated heterocycles. The van der Waals surface area contributed by atoms with Crippen LogP contribution in [0.1, 0.15) is 27.6 Å². The zero-order valence-corrected chi connectivity index (χ0v) is 18.7. The molecule has 0 atom stereocenters. The van der Waals surface area contributed by atoms with Gasteiger partial charge in [0.2, 0.25) is 0 Å². The summed E-state index contributed by atoms with van der Waals surface area (Å²) in [4.78, 5) is 28.0. The fourth-order valence-electron chi connectivity index (χ4n) is 2.44. The molecule has 2 heterocycles. The van der Waals surface area contributed by atoms with Gasteiger partial charge in [-0.2, -0.15) is 10.1 Å². The van der Waals surface area contributed by atoms with Crippen LogP contribution in [0.25, 0.3) is 0 Å². The second-order valence-electron chi connectivity index (χ2n) is 6.51. The third-order valence-electron chi connectivity index (χ3n) is 4.15. The molecule has 3 aromatic rings. The number of amides is 2. The molecular weight excluding hydrogens is 503 g/mol. The Morgan fingerprint density at radius 1 is 1.20 bits per heavy atom. The van der Waals surface area contributed by atoms with E-state index < -0.39 is 5.91 Å². The Bertz CT molecular complexity index is 1030. The van der Waals surface area contributed by atoms with Crippen molar-refractivity contribution in [3.8, 4) is 5.75 Å². The number of carbonyl (C=O) groups is 2. The van der Waals surface area contributed by atoms with Crippen LogP contribution in [0.3, 0.4) is 0 Å². The molecule has 0 radical (unpaired) electrons. The smallest absolute Gasteiger partial charge is 0.316 e. The predicted octanol–water partition coefficient (Wildman–Crippen LogP) is 1.46. The number of aromatic nitrogens is 4. The minimum absolute atomic E-state index is 0.101. The first-order valence-corrected chi connectivity index (χ1v) is 10.2. The standard InChI is InChI=1S/C19H21IN6O4/c1-12-3-4-15(7-13(12)2)29-11-17(27)21-5-6-22-18(28)19-24-16(25-30-19)10-26-9-14(20)8-23-26/h3-4,7-9H,5-6,10-11H2,1-2H3,(H,21,27)(H,22,28). The summed E-state index contributed by atoms with van der Waals surface area (Å²) in [6.45, 7) is 4.65. The zero-order chi connectivity index (χ0) is 21.5. The molecule has 0 spiro atoms. The second kappa shape index (κ2) is 10.2. The lowest BCUT2D eigenvalue weighted by molar-refractivity contribution is -0.123. The Labute approximate surface area is 186 Å². The number of nitrogens with one attached hydrogen (secondary N) is 2. The van der Waals surface area contributed by atoms with Crippen LogP contribution in [0.15, 0.2) is 35.1 Å². The minimum atomic E-state index is -0.510. The molecule has 0 aliphatic carbocycles. The monoisotopic (exact) mass is 524 g/mol. The van der Waals surface area contributed by atoms with E-state index in [0.29, 0.717) is 18.1 Å². The number of nitrogens with zero attached hydrogens (tertiary/aromatic N) is 4. The molecule has 1 aromatic carbocycles. The largest absolute Gasteiger partial charge is 0.484 e. The highest BCUT2D eigenvalue weighted by Gasteiger charge is 2.15. The molecule has 2 aromatic heterocycles. The van der Waals surface area contributed by atoms with Crippen LogP contribution in [0.2, 0.25) is 0 Å². The van der Waals surface area contributed by atoms with Crippen molar-refractivity contribution in [2.75, 3.05) is 19.7 Å². The van der Waals surface area contributed by atoms with E-state index in [1.54, 1.807) is 10.9 Å². The average molecular weight is 524 g/mol. The lowest BCUT2D eigenvalue weighted by Crippen LogP contribution is -2.36. The van der Waals surface area contributed by atoms with Crippen molar-refractivity contribution in [1.82, 2.24) is 30.6 Å². The van der Waals surface area contributed by atoms with Crippen LogP contribution in [0, 0.1) is 17.4 Å². The maximum absolute atomic E-state index is 12.1. The number of hydrogen-bond acceptors (Lipinski definition) is 7. The molecule has 10 nitrogen and oxygen atoms in total. The van der Waals surface area contributed by atoms with Crippen molar-refractivity contribution in [2.24, 2.45) is 0 Å². The van der Waals surface area contributed by atoms with Gasteiger partial charge in [0.25, 0.3) is 5.91 Å². The summed E-state index contributed by atoms with van der Waals surface area (Å²) >= 11 is 2.14. The van der Waals surface area contributed by atoms with Crippen molar-refractivity contribution in [1.29, 1.82) is 0 Å². The molecule has 0 saturated carbocycles. The maximum Gasteiger partial charge on any atom is 0.316 e. The summed E-state index contributed by atoms with van der Waals surface area (Å²) in [7, 11) is 0. The van der Waals surface area contributed by atoms with Crippen molar-refractivity contribution >= 4 is 34.4 Å². The Balaban J connectivity index is 1.35. The second-order valence-corrected chi connectivity index (χ2v) is 7.76. The summed E-state index contributed by atoms with van der Waals surface area (Å²) in [6.07, 6.45) is 3.53. The third kappa shape index (κ3) is 6.27. The first kappa shape index (κ1) is 21.7. The Kier molecular flexibility index (Phi) is 7.38. The Morgan fingerprint density at radius 3 is 2.73 bits per heavy atom. The predicted molar refractivity (Wildman–Crippen MR) is 115 cm³/mol. The van der Waals surface area contributed by atoms with E-state index in [1.807, 2.05) is 38.2 Å².